The molecule has 0 radical (unpaired) electrons. The fourth-order valence-electron chi connectivity index (χ4n) is 2.06. The van der Waals surface area contributed by atoms with E-state index >= 15 is 0 Å². The Balaban J connectivity index is 1.65. The number of fused-ring (bicyclic) bond motifs is 1. The van der Waals surface area contributed by atoms with Gasteiger partial charge in [-0.05, 0) is 17.7 Å². The van der Waals surface area contributed by atoms with Gasteiger partial charge in [-0.15, -0.1) is 0 Å². The summed E-state index contributed by atoms with van der Waals surface area (Å²) in [5.74, 6) is 1.62. The molecule has 1 aliphatic rings. The van der Waals surface area contributed by atoms with Gasteiger partial charge in [-0.3, -0.25) is 0 Å². The molecule has 2 aromatic rings. The molecule has 0 saturated heterocycles. The van der Waals surface area contributed by atoms with Crippen LogP contribution in [0.5, 0.6) is 11.5 Å². The Kier molecular flexibility index (Phi) is 3.51. The number of hydrogen-bond acceptors (Lipinski definition) is 5. The maximum absolute atomic E-state index is 8.61. The molecular formula is C15H15N3O3. The Morgan fingerprint density at radius 3 is 2.67 bits per heavy atom. The van der Waals surface area contributed by atoms with Gasteiger partial charge >= 0.3 is 0 Å². The van der Waals surface area contributed by atoms with E-state index in [0.29, 0.717) is 12.1 Å². The number of nitrogens with one attached hydrogen (secondary N) is 1. The largest absolute Gasteiger partial charge is 0.454 e. The number of ether oxygens (including phenoxy) is 2. The van der Waals surface area contributed by atoms with Crippen molar-refractivity contribution in [3.63, 3.8) is 0 Å². The summed E-state index contributed by atoms with van der Waals surface area (Å²) in [6.07, 6.45) is 0. The van der Waals surface area contributed by atoms with Gasteiger partial charge in [-0.25, -0.2) is 0 Å². The highest BCUT2D eigenvalue weighted by Crippen LogP contribution is 2.34. The lowest BCUT2D eigenvalue weighted by Gasteiger charge is -2.08. The molecule has 0 amide bonds. The van der Waals surface area contributed by atoms with E-state index < -0.39 is 0 Å². The van der Waals surface area contributed by atoms with Gasteiger partial charge in [0.25, 0.3) is 0 Å². The lowest BCUT2D eigenvalue weighted by atomic mass is 10.1. The van der Waals surface area contributed by atoms with Gasteiger partial charge in [-0.2, -0.15) is 0 Å². The van der Waals surface area contributed by atoms with E-state index in [1.807, 2.05) is 42.5 Å². The summed E-state index contributed by atoms with van der Waals surface area (Å²) in [5.41, 5.74) is 8.25. The van der Waals surface area contributed by atoms with E-state index in [-0.39, 0.29) is 12.6 Å². The van der Waals surface area contributed by atoms with Gasteiger partial charge in [0.05, 0.1) is 0 Å². The first-order chi connectivity index (χ1) is 10.3. The number of oxime groups is 1. The minimum Gasteiger partial charge on any atom is -0.454 e. The molecule has 0 aliphatic carbocycles. The Morgan fingerprint density at radius 1 is 1.14 bits per heavy atom. The second-order valence-corrected chi connectivity index (χ2v) is 4.60. The van der Waals surface area contributed by atoms with Crippen molar-refractivity contribution in [2.45, 2.75) is 6.54 Å². The second kappa shape index (κ2) is 5.62. The van der Waals surface area contributed by atoms with Crippen LogP contribution in [0.3, 0.4) is 0 Å². The third-order valence-corrected chi connectivity index (χ3v) is 3.23. The molecule has 21 heavy (non-hydrogen) atoms. The zero-order chi connectivity index (χ0) is 14.7. The van der Waals surface area contributed by atoms with Crippen LogP contribution in [0.4, 0.5) is 5.69 Å². The summed E-state index contributed by atoms with van der Waals surface area (Å²) in [5, 5.41) is 14.9. The predicted octanol–water partition coefficient (Wildman–Crippen LogP) is 2.12. The summed E-state index contributed by atoms with van der Waals surface area (Å²) in [4.78, 5) is 0. The van der Waals surface area contributed by atoms with Gasteiger partial charge in [0.15, 0.2) is 17.3 Å². The first-order valence-corrected chi connectivity index (χ1v) is 6.46. The fourth-order valence-corrected chi connectivity index (χ4v) is 2.06. The Labute approximate surface area is 121 Å². The summed E-state index contributed by atoms with van der Waals surface area (Å²) in [6, 6.07) is 13.2. The van der Waals surface area contributed by atoms with Gasteiger partial charge < -0.3 is 25.7 Å². The van der Waals surface area contributed by atoms with Gasteiger partial charge in [-0.1, -0.05) is 29.4 Å². The van der Waals surface area contributed by atoms with E-state index in [2.05, 4.69) is 10.5 Å². The minimum atomic E-state index is 0.102. The first kappa shape index (κ1) is 13.1. The number of amidine groups is 1. The molecule has 3 rings (SSSR count). The molecule has 0 aromatic heterocycles. The zero-order valence-electron chi connectivity index (χ0n) is 11.2. The number of benzene rings is 2. The molecule has 6 heteroatoms. The summed E-state index contributed by atoms with van der Waals surface area (Å²) in [6.45, 7) is 0.935. The van der Waals surface area contributed by atoms with Gasteiger partial charge in [0, 0.05) is 23.9 Å². The van der Waals surface area contributed by atoms with Crippen molar-refractivity contribution in [3.05, 3.63) is 53.6 Å². The van der Waals surface area contributed by atoms with Crippen LogP contribution in [-0.4, -0.2) is 17.8 Å². The maximum Gasteiger partial charge on any atom is 0.231 e. The van der Waals surface area contributed by atoms with Crippen molar-refractivity contribution in [2.75, 3.05) is 12.1 Å². The average Bonchev–Trinajstić information content (AvgIpc) is 3.00. The van der Waals surface area contributed by atoms with Crippen LogP contribution in [0.2, 0.25) is 0 Å². The third-order valence-electron chi connectivity index (χ3n) is 3.23. The number of rotatable bonds is 4. The fraction of sp³-hybridized carbons (Fsp3) is 0.133. The van der Waals surface area contributed by atoms with Crippen LogP contribution in [0.1, 0.15) is 11.1 Å². The van der Waals surface area contributed by atoms with Crippen molar-refractivity contribution in [2.24, 2.45) is 10.9 Å². The molecule has 108 valence electrons. The van der Waals surface area contributed by atoms with Crippen LogP contribution in [0.25, 0.3) is 0 Å². The predicted molar refractivity (Wildman–Crippen MR) is 78.8 cm³/mol. The molecule has 1 heterocycles. The highest BCUT2D eigenvalue weighted by atomic mass is 16.7. The standard InChI is InChI=1S/C15H15N3O3/c16-15(18-19)11-3-1-10(2-4-11)8-17-12-5-6-13-14(7-12)21-9-20-13/h1-7,17,19H,8-9H2,(H2,16,18). The van der Waals surface area contributed by atoms with Crippen molar-refractivity contribution in [1.82, 2.24) is 0 Å². The molecule has 0 atom stereocenters. The SMILES string of the molecule is NC(=NO)c1ccc(CNc2ccc3c(c2)OCO3)cc1. The Morgan fingerprint density at radius 2 is 1.90 bits per heavy atom. The topological polar surface area (TPSA) is 89.1 Å². The van der Waals surface area contributed by atoms with E-state index in [4.69, 9.17) is 20.4 Å². The Hall–Kier alpha value is -2.89. The van der Waals surface area contributed by atoms with Crippen LogP contribution in [-0.2, 0) is 6.54 Å². The van der Waals surface area contributed by atoms with Gasteiger partial charge in [0.1, 0.15) is 0 Å². The monoisotopic (exact) mass is 285 g/mol. The molecule has 0 saturated carbocycles. The molecule has 6 nitrogen and oxygen atoms in total. The molecule has 0 fully saturated rings. The summed E-state index contributed by atoms with van der Waals surface area (Å²) < 4.78 is 10.6. The highest BCUT2D eigenvalue weighted by molar-refractivity contribution is 5.96. The quantitative estimate of drug-likeness (QED) is 0.346. The van der Waals surface area contributed by atoms with Crippen LogP contribution in [0.15, 0.2) is 47.6 Å². The second-order valence-electron chi connectivity index (χ2n) is 4.60. The summed E-state index contributed by atoms with van der Waals surface area (Å²) in [7, 11) is 0. The van der Waals surface area contributed by atoms with E-state index in [1.54, 1.807) is 0 Å². The molecule has 2 aromatic carbocycles. The zero-order valence-corrected chi connectivity index (χ0v) is 11.2. The smallest absolute Gasteiger partial charge is 0.231 e. The van der Waals surface area contributed by atoms with E-state index in [1.165, 1.54) is 0 Å². The average molecular weight is 285 g/mol. The molecular weight excluding hydrogens is 270 g/mol. The van der Waals surface area contributed by atoms with Gasteiger partial charge in [0.2, 0.25) is 6.79 Å². The van der Waals surface area contributed by atoms with Crippen molar-refractivity contribution >= 4 is 11.5 Å². The van der Waals surface area contributed by atoms with Crippen molar-refractivity contribution < 1.29 is 14.7 Å². The van der Waals surface area contributed by atoms with Crippen molar-refractivity contribution in [1.29, 1.82) is 0 Å². The van der Waals surface area contributed by atoms with E-state index in [0.717, 1.165) is 22.7 Å². The normalized spacial score (nSPS) is 13.2. The van der Waals surface area contributed by atoms with Crippen LogP contribution in [0, 0.1) is 0 Å². The van der Waals surface area contributed by atoms with Crippen LogP contribution >= 0.6 is 0 Å². The minimum absolute atomic E-state index is 0.102. The van der Waals surface area contributed by atoms with Crippen molar-refractivity contribution in [3.8, 4) is 11.5 Å². The molecule has 1 aliphatic heterocycles. The number of anilines is 1. The molecule has 4 N–H and O–H groups in total. The lowest BCUT2D eigenvalue weighted by Crippen LogP contribution is -2.13. The molecule has 0 unspecified atom stereocenters. The molecule has 0 spiro atoms. The lowest BCUT2D eigenvalue weighted by molar-refractivity contribution is 0.174. The molecule has 0 bridgehead atoms. The van der Waals surface area contributed by atoms with E-state index in [9.17, 15) is 0 Å². The number of nitrogens with zero attached hydrogens (tertiary/aromatic N) is 1. The maximum atomic E-state index is 8.61. The Bertz CT molecular complexity index is 668. The summed E-state index contributed by atoms with van der Waals surface area (Å²) >= 11 is 0. The van der Waals surface area contributed by atoms with Crippen LogP contribution < -0.4 is 20.5 Å². The number of nitrogens with two attached hydrogens (primary N) is 1. The third kappa shape index (κ3) is 2.84. The first-order valence-electron chi connectivity index (χ1n) is 6.46. The number of hydrogen-bond donors (Lipinski definition) is 3. The highest BCUT2D eigenvalue weighted by Gasteiger charge is 2.12.